The summed E-state index contributed by atoms with van der Waals surface area (Å²) in [6.45, 7) is 6.41. The number of amides is 1. The topological polar surface area (TPSA) is 81.9 Å². The highest BCUT2D eigenvalue weighted by molar-refractivity contribution is 5.75. The molecule has 0 aliphatic rings. The van der Waals surface area contributed by atoms with Gasteiger partial charge in [-0.2, -0.15) is 0 Å². The molecule has 0 aliphatic heterocycles. The summed E-state index contributed by atoms with van der Waals surface area (Å²) in [5.74, 6) is 0.450. The van der Waals surface area contributed by atoms with Crippen LogP contribution in [-0.2, 0) is 16.1 Å². The van der Waals surface area contributed by atoms with Gasteiger partial charge in [-0.25, -0.2) is 4.68 Å². The Morgan fingerprint density at radius 1 is 1.53 bits per heavy atom. The maximum Gasteiger partial charge on any atom is 0.241 e. The molecule has 0 saturated carbocycles. The van der Waals surface area contributed by atoms with E-state index in [2.05, 4.69) is 34.7 Å². The van der Waals surface area contributed by atoms with Crippen molar-refractivity contribution in [2.75, 3.05) is 19.8 Å². The maximum atomic E-state index is 11.4. The zero-order valence-corrected chi connectivity index (χ0v) is 10.3. The number of aromatic nitrogens is 4. The van der Waals surface area contributed by atoms with Gasteiger partial charge in [0, 0.05) is 19.8 Å². The lowest BCUT2D eigenvalue weighted by Crippen LogP contribution is -2.29. The highest BCUT2D eigenvalue weighted by atomic mass is 16.5. The molecule has 0 atom stereocenters. The third kappa shape index (κ3) is 6.62. The summed E-state index contributed by atoms with van der Waals surface area (Å²) in [4.78, 5) is 11.4. The number of hydrogen-bond donors (Lipinski definition) is 1. The van der Waals surface area contributed by atoms with Crippen LogP contribution in [0.15, 0.2) is 6.33 Å². The molecule has 0 fully saturated rings. The summed E-state index contributed by atoms with van der Waals surface area (Å²) >= 11 is 0. The highest BCUT2D eigenvalue weighted by Crippen LogP contribution is 1.92. The average Bonchev–Trinajstić information content (AvgIpc) is 2.75. The Morgan fingerprint density at radius 2 is 2.35 bits per heavy atom. The molecule has 1 aromatic rings. The van der Waals surface area contributed by atoms with E-state index in [1.54, 1.807) is 0 Å². The van der Waals surface area contributed by atoms with Gasteiger partial charge in [-0.05, 0) is 22.8 Å². The summed E-state index contributed by atoms with van der Waals surface area (Å²) in [5.41, 5.74) is 0. The summed E-state index contributed by atoms with van der Waals surface area (Å²) in [7, 11) is 0. The lowest BCUT2D eigenvalue weighted by atomic mass is 10.2. The molecule has 7 heteroatoms. The molecular formula is C10H19N5O2. The van der Waals surface area contributed by atoms with Crippen LogP contribution < -0.4 is 5.32 Å². The van der Waals surface area contributed by atoms with Crippen molar-refractivity contribution in [1.82, 2.24) is 25.5 Å². The molecule has 1 rings (SSSR count). The van der Waals surface area contributed by atoms with Crippen LogP contribution in [0.2, 0.25) is 0 Å². The van der Waals surface area contributed by atoms with Crippen LogP contribution in [0.3, 0.4) is 0 Å². The van der Waals surface area contributed by atoms with E-state index in [4.69, 9.17) is 4.74 Å². The Balaban J connectivity index is 1.97. The Bertz CT molecular complexity index is 313. The average molecular weight is 241 g/mol. The summed E-state index contributed by atoms with van der Waals surface area (Å²) in [6.07, 6.45) is 2.22. The monoisotopic (exact) mass is 241 g/mol. The van der Waals surface area contributed by atoms with E-state index in [1.807, 2.05) is 0 Å². The van der Waals surface area contributed by atoms with E-state index in [0.29, 0.717) is 19.1 Å². The summed E-state index contributed by atoms with van der Waals surface area (Å²) < 4.78 is 6.77. The van der Waals surface area contributed by atoms with E-state index in [9.17, 15) is 4.79 Å². The number of carbonyl (C=O) groups excluding carboxylic acids is 1. The lowest BCUT2D eigenvalue weighted by molar-refractivity contribution is -0.121. The number of carbonyl (C=O) groups is 1. The zero-order valence-electron chi connectivity index (χ0n) is 10.3. The number of tetrazole rings is 1. The van der Waals surface area contributed by atoms with Gasteiger partial charge in [-0.3, -0.25) is 4.79 Å². The first kappa shape index (κ1) is 13.6. The third-order valence-electron chi connectivity index (χ3n) is 1.94. The van der Waals surface area contributed by atoms with Crippen molar-refractivity contribution < 1.29 is 9.53 Å². The van der Waals surface area contributed by atoms with Gasteiger partial charge in [0.2, 0.25) is 5.91 Å². The first-order valence-electron chi connectivity index (χ1n) is 5.73. The highest BCUT2D eigenvalue weighted by Gasteiger charge is 2.02. The van der Waals surface area contributed by atoms with E-state index in [0.717, 1.165) is 13.0 Å². The van der Waals surface area contributed by atoms with Crippen molar-refractivity contribution in [2.45, 2.75) is 26.8 Å². The van der Waals surface area contributed by atoms with E-state index < -0.39 is 0 Å². The Kier molecular flexibility index (Phi) is 6.16. The van der Waals surface area contributed by atoms with Crippen LogP contribution in [0, 0.1) is 5.92 Å². The summed E-state index contributed by atoms with van der Waals surface area (Å²) in [5, 5.41) is 13.3. The largest absolute Gasteiger partial charge is 0.381 e. The van der Waals surface area contributed by atoms with Crippen LogP contribution in [0.4, 0.5) is 0 Å². The molecule has 17 heavy (non-hydrogen) atoms. The normalized spacial score (nSPS) is 10.8. The van der Waals surface area contributed by atoms with Crippen LogP contribution in [-0.4, -0.2) is 45.9 Å². The van der Waals surface area contributed by atoms with Crippen LogP contribution in [0.1, 0.15) is 20.3 Å². The van der Waals surface area contributed by atoms with Crippen molar-refractivity contribution in [2.24, 2.45) is 5.92 Å². The molecule has 1 aromatic heterocycles. The molecule has 1 amide bonds. The Hall–Kier alpha value is -1.50. The standard InChI is InChI=1S/C10H19N5O2/c1-9(2)7-17-5-3-4-11-10(16)6-15-8-12-13-14-15/h8-9H,3-7H2,1-2H3,(H,11,16). The van der Waals surface area contributed by atoms with E-state index in [1.165, 1.54) is 11.0 Å². The van der Waals surface area contributed by atoms with E-state index in [-0.39, 0.29) is 12.5 Å². The maximum absolute atomic E-state index is 11.4. The van der Waals surface area contributed by atoms with Crippen LogP contribution in [0.5, 0.6) is 0 Å². The molecule has 0 spiro atoms. The van der Waals surface area contributed by atoms with Crippen molar-refractivity contribution >= 4 is 5.91 Å². The number of rotatable bonds is 8. The quantitative estimate of drug-likeness (QED) is 0.640. The minimum Gasteiger partial charge on any atom is -0.381 e. The fourth-order valence-corrected chi connectivity index (χ4v) is 1.18. The molecule has 0 bridgehead atoms. The van der Waals surface area contributed by atoms with Gasteiger partial charge >= 0.3 is 0 Å². The van der Waals surface area contributed by atoms with Gasteiger partial charge in [0.15, 0.2) is 0 Å². The van der Waals surface area contributed by atoms with Gasteiger partial charge < -0.3 is 10.1 Å². The number of ether oxygens (including phenoxy) is 1. The van der Waals surface area contributed by atoms with Crippen molar-refractivity contribution in [3.05, 3.63) is 6.33 Å². The minimum absolute atomic E-state index is 0.0961. The van der Waals surface area contributed by atoms with Crippen LogP contribution in [0.25, 0.3) is 0 Å². The van der Waals surface area contributed by atoms with E-state index >= 15 is 0 Å². The second-order valence-corrected chi connectivity index (χ2v) is 4.18. The molecule has 96 valence electrons. The fourth-order valence-electron chi connectivity index (χ4n) is 1.18. The van der Waals surface area contributed by atoms with Gasteiger partial charge in [-0.15, -0.1) is 5.10 Å². The van der Waals surface area contributed by atoms with Crippen LogP contribution >= 0.6 is 0 Å². The molecule has 0 aliphatic carbocycles. The minimum atomic E-state index is -0.0961. The SMILES string of the molecule is CC(C)COCCCNC(=O)Cn1cnnn1. The second kappa shape index (κ2) is 7.72. The van der Waals surface area contributed by atoms with Crippen molar-refractivity contribution in [3.8, 4) is 0 Å². The molecule has 0 saturated heterocycles. The number of nitrogens with zero attached hydrogens (tertiary/aromatic N) is 4. The zero-order chi connectivity index (χ0) is 12.5. The summed E-state index contributed by atoms with van der Waals surface area (Å²) in [6, 6.07) is 0. The molecule has 0 unspecified atom stereocenters. The van der Waals surface area contributed by atoms with Gasteiger partial charge in [0.05, 0.1) is 0 Å². The van der Waals surface area contributed by atoms with Crippen molar-refractivity contribution in [1.29, 1.82) is 0 Å². The predicted octanol–water partition coefficient (Wildman–Crippen LogP) is -0.148. The molecule has 0 radical (unpaired) electrons. The Labute approximate surface area is 101 Å². The lowest BCUT2D eigenvalue weighted by Gasteiger charge is -2.07. The molecule has 1 N–H and O–H groups in total. The van der Waals surface area contributed by atoms with Crippen molar-refractivity contribution in [3.63, 3.8) is 0 Å². The molecule has 7 nitrogen and oxygen atoms in total. The van der Waals surface area contributed by atoms with Gasteiger partial charge in [0.25, 0.3) is 0 Å². The van der Waals surface area contributed by atoms with Gasteiger partial charge in [-0.1, -0.05) is 13.8 Å². The fraction of sp³-hybridized carbons (Fsp3) is 0.800. The first-order valence-corrected chi connectivity index (χ1v) is 5.73. The molecular weight excluding hydrogens is 222 g/mol. The predicted molar refractivity (Wildman–Crippen MR) is 61.1 cm³/mol. The number of nitrogens with one attached hydrogen (secondary N) is 1. The number of hydrogen-bond acceptors (Lipinski definition) is 5. The second-order valence-electron chi connectivity index (χ2n) is 4.18. The smallest absolute Gasteiger partial charge is 0.241 e. The molecule has 0 aromatic carbocycles. The van der Waals surface area contributed by atoms with Gasteiger partial charge in [0.1, 0.15) is 12.9 Å². The molecule has 1 heterocycles. The first-order chi connectivity index (χ1) is 8.18. The Morgan fingerprint density at radius 3 is 3.00 bits per heavy atom. The third-order valence-corrected chi connectivity index (χ3v) is 1.94.